The minimum absolute atomic E-state index is 0.0284. The standard InChI is InChI=1S/C16H31N3O2/c1-6-13(7-2)14(20)18-9-8-10-19(12-11-18)15(21)17-16(3,4)5/h13H,6-12H2,1-5H3,(H,17,21). The first-order valence-electron chi connectivity index (χ1n) is 8.14. The Morgan fingerprint density at radius 2 is 1.52 bits per heavy atom. The maximum Gasteiger partial charge on any atom is 0.317 e. The Hall–Kier alpha value is -1.26. The molecule has 0 radical (unpaired) electrons. The fourth-order valence-electron chi connectivity index (χ4n) is 2.64. The summed E-state index contributed by atoms with van der Waals surface area (Å²) in [4.78, 5) is 28.4. The first-order chi connectivity index (χ1) is 9.78. The summed E-state index contributed by atoms with van der Waals surface area (Å²) in [5.74, 6) is 0.373. The molecule has 1 N–H and O–H groups in total. The van der Waals surface area contributed by atoms with Crippen LogP contribution in [-0.4, -0.2) is 53.5 Å². The van der Waals surface area contributed by atoms with E-state index in [1.165, 1.54) is 0 Å². The van der Waals surface area contributed by atoms with Crippen LogP contribution in [0.4, 0.5) is 4.79 Å². The Morgan fingerprint density at radius 1 is 1.00 bits per heavy atom. The SMILES string of the molecule is CCC(CC)C(=O)N1CCCN(C(=O)NC(C)(C)C)CC1. The topological polar surface area (TPSA) is 52.7 Å². The molecule has 3 amide bonds. The lowest BCUT2D eigenvalue weighted by Crippen LogP contribution is -2.49. The molecule has 0 spiro atoms. The third-order valence-corrected chi connectivity index (χ3v) is 3.91. The second-order valence-corrected chi connectivity index (χ2v) is 6.86. The number of amides is 3. The molecule has 1 heterocycles. The number of nitrogens with zero attached hydrogens (tertiary/aromatic N) is 2. The normalized spacial score (nSPS) is 16.9. The molecular weight excluding hydrogens is 266 g/mol. The zero-order chi connectivity index (χ0) is 16.0. The zero-order valence-corrected chi connectivity index (χ0v) is 14.2. The van der Waals surface area contributed by atoms with Gasteiger partial charge in [0, 0.05) is 37.6 Å². The maximum atomic E-state index is 12.4. The lowest BCUT2D eigenvalue weighted by atomic mass is 10.0. The lowest BCUT2D eigenvalue weighted by Gasteiger charge is -2.28. The van der Waals surface area contributed by atoms with E-state index in [0.717, 1.165) is 25.8 Å². The summed E-state index contributed by atoms with van der Waals surface area (Å²) < 4.78 is 0. The van der Waals surface area contributed by atoms with Gasteiger partial charge in [0.15, 0.2) is 0 Å². The second-order valence-electron chi connectivity index (χ2n) is 6.86. The molecule has 21 heavy (non-hydrogen) atoms. The molecule has 1 saturated heterocycles. The van der Waals surface area contributed by atoms with Crippen LogP contribution >= 0.6 is 0 Å². The van der Waals surface area contributed by atoms with Crippen LogP contribution in [0.5, 0.6) is 0 Å². The molecule has 0 unspecified atom stereocenters. The van der Waals surface area contributed by atoms with E-state index in [0.29, 0.717) is 19.6 Å². The maximum absolute atomic E-state index is 12.4. The van der Waals surface area contributed by atoms with Gasteiger partial charge in [0.25, 0.3) is 0 Å². The predicted molar refractivity (Wildman–Crippen MR) is 85.1 cm³/mol. The van der Waals surface area contributed by atoms with E-state index < -0.39 is 0 Å². The Kier molecular flexibility index (Phi) is 6.49. The molecule has 1 fully saturated rings. The van der Waals surface area contributed by atoms with Crippen LogP contribution in [-0.2, 0) is 4.79 Å². The summed E-state index contributed by atoms with van der Waals surface area (Å²) in [7, 11) is 0. The number of rotatable bonds is 3. The van der Waals surface area contributed by atoms with Gasteiger partial charge in [-0.2, -0.15) is 0 Å². The molecule has 5 nitrogen and oxygen atoms in total. The quantitative estimate of drug-likeness (QED) is 0.870. The van der Waals surface area contributed by atoms with E-state index in [2.05, 4.69) is 19.2 Å². The number of hydrogen-bond acceptors (Lipinski definition) is 2. The average Bonchev–Trinajstić information content (AvgIpc) is 2.63. The van der Waals surface area contributed by atoms with Crippen LogP contribution in [0.15, 0.2) is 0 Å². The summed E-state index contributed by atoms with van der Waals surface area (Å²) in [5, 5.41) is 2.99. The summed E-state index contributed by atoms with van der Waals surface area (Å²) in [6, 6.07) is -0.0284. The highest BCUT2D eigenvalue weighted by Crippen LogP contribution is 2.14. The van der Waals surface area contributed by atoms with E-state index in [9.17, 15) is 9.59 Å². The van der Waals surface area contributed by atoms with Crippen LogP contribution in [0.2, 0.25) is 0 Å². The van der Waals surface area contributed by atoms with Gasteiger partial charge in [0.1, 0.15) is 0 Å². The van der Waals surface area contributed by atoms with Gasteiger partial charge in [-0.05, 0) is 40.0 Å². The first-order valence-corrected chi connectivity index (χ1v) is 8.14. The van der Waals surface area contributed by atoms with E-state index in [1.807, 2.05) is 30.6 Å². The van der Waals surface area contributed by atoms with Gasteiger partial charge in [-0.1, -0.05) is 13.8 Å². The van der Waals surface area contributed by atoms with Gasteiger partial charge in [-0.15, -0.1) is 0 Å². The van der Waals surface area contributed by atoms with E-state index >= 15 is 0 Å². The fraction of sp³-hybridized carbons (Fsp3) is 0.875. The Labute approximate surface area is 129 Å². The minimum atomic E-state index is -0.228. The van der Waals surface area contributed by atoms with E-state index in [4.69, 9.17) is 0 Å². The number of nitrogens with one attached hydrogen (secondary N) is 1. The molecule has 0 aromatic carbocycles. The van der Waals surface area contributed by atoms with Crippen LogP contribution in [0, 0.1) is 5.92 Å². The fourth-order valence-corrected chi connectivity index (χ4v) is 2.64. The molecule has 0 saturated carbocycles. The largest absolute Gasteiger partial charge is 0.341 e. The van der Waals surface area contributed by atoms with Gasteiger partial charge in [0.05, 0.1) is 0 Å². The van der Waals surface area contributed by atoms with Gasteiger partial charge in [-0.3, -0.25) is 4.79 Å². The van der Waals surface area contributed by atoms with Crippen molar-refractivity contribution in [1.82, 2.24) is 15.1 Å². The van der Waals surface area contributed by atoms with E-state index in [-0.39, 0.29) is 23.4 Å². The van der Waals surface area contributed by atoms with Crippen molar-refractivity contribution in [3.63, 3.8) is 0 Å². The van der Waals surface area contributed by atoms with E-state index in [1.54, 1.807) is 0 Å². The second kappa shape index (κ2) is 7.66. The molecule has 0 aliphatic carbocycles. The molecule has 0 bridgehead atoms. The van der Waals surface area contributed by atoms with Gasteiger partial charge < -0.3 is 15.1 Å². The Balaban J connectivity index is 2.58. The van der Waals surface area contributed by atoms with Crippen molar-refractivity contribution in [3.8, 4) is 0 Å². The Morgan fingerprint density at radius 3 is 2.05 bits per heavy atom. The third-order valence-electron chi connectivity index (χ3n) is 3.91. The summed E-state index contributed by atoms with van der Waals surface area (Å²) >= 11 is 0. The first kappa shape index (κ1) is 17.8. The van der Waals surface area contributed by atoms with Gasteiger partial charge in [0.2, 0.25) is 5.91 Å². The van der Waals surface area contributed by atoms with Gasteiger partial charge >= 0.3 is 6.03 Å². The van der Waals surface area contributed by atoms with Crippen LogP contribution < -0.4 is 5.32 Å². The monoisotopic (exact) mass is 297 g/mol. The molecular formula is C16H31N3O2. The van der Waals surface area contributed by atoms with Crippen molar-refractivity contribution in [1.29, 1.82) is 0 Å². The highest BCUT2D eigenvalue weighted by Gasteiger charge is 2.26. The smallest absolute Gasteiger partial charge is 0.317 e. The Bertz CT molecular complexity index is 359. The molecule has 1 rings (SSSR count). The van der Waals surface area contributed by atoms with Crippen molar-refractivity contribution in [2.75, 3.05) is 26.2 Å². The minimum Gasteiger partial charge on any atom is -0.341 e. The molecule has 1 aliphatic heterocycles. The van der Waals surface area contributed by atoms with Crippen LogP contribution in [0.25, 0.3) is 0 Å². The molecule has 0 aromatic rings. The lowest BCUT2D eigenvalue weighted by molar-refractivity contribution is -0.135. The number of hydrogen-bond donors (Lipinski definition) is 1. The summed E-state index contributed by atoms with van der Waals surface area (Å²) in [6.07, 6.45) is 2.63. The summed E-state index contributed by atoms with van der Waals surface area (Å²) in [5.41, 5.74) is -0.228. The zero-order valence-electron chi connectivity index (χ0n) is 14.2. The molecule has 1 aliphatic rings. The highest BCUT2D eigenvalue weighted by atomic mass is 16.2. The highest BCUT2D eigenvalue weighted by molar-refractivity contribution is 5.79. The molecule has 0 aromatic heterocycles. The van der Waals surface area contributed by atoms with Gasteiger partial charge in [-0.25, -0.2) is 4.79 Å². The number of carbonyl (C=O) groups excluding carboxylic acids is 2. The predicted octanol–water partition coefficient (Wildman–Crippen LogP) is 2.47. The average molecular weight is 297 g/mol. The number of carbonyl (C=O) groups is 2. The summed E-state index contributed by atoms with van der Waals surface area (Å²) in [6.45, 7) is 12.8. The molecule has 122 valence electrons. The van der Waals surface area contributed by atoms with Crippen molar-refractivity contribution in [2.24, 2.45) is 5.92 Å². The molecule has 5 heteroatoms. The third kappa shape index (κ3) is 5.56. The van der Waals surface area contributed by atoms with Crippen molar-refractivity contribution in [3.05, 3.63) is 0 Å². The van der Waals surface area contributed by atoms with Crippen LogP contribution in [0.3, 0.4) is 0 Å². The van der Waals surface area contributed by atoms with Crippen molar-refractivity contribution < 1.29 is 9.59 Å². The van der Waals surface area contributed by atoms with Crippen molar-refractivity contribution >= 4 is 11.9 Å². The van der Waals surface area contributed by atoms with Crippen LogP contribution in [0.1, 0.15) is 53.9 Å². The molecule has 0 atom stereocenters. The number of urea groups is 1. The van der Waals surface area contributed by atoms with Crippen molar-refractivity contribution in [2.45, 2.75) is 59.4 Å².